The number of rotatable bonds is 4. The normalized spacial score (nSPS) is 12.2. The van der Waals surface area contributed by atoms with Gasteiger partial charge in [0.1, 0.15) is 0 Å². The van der Waals surface area contributed by atoms with Crippen molar-refractivity contribution in [3.63, 3.8) is 0 Å². The molecule has 0 aliphatic rings. The number of hydrogen-bond acceptors (Lipinski definition) is 5. The first-order valence-corrected chi connectivity index (χ1v) is 4.30. The molecule has 0 bridgehead atoms. The van der Waals surface area contributed by atoms with E-state index in [0.717, 1.165) is 0 Å². The molecule has 0 radical (unpaired) electrons. The maximum Gasteiger partial charge on any atom is 0.243 e. The van der Waals surface area contributed by atoms with E-state index in [-0.39, 0.29) is 23.3 Å². The molecule has 0 aliphatic heterocycles. The molecule has 0 spiro atoms. The molecule has 0 amide bonds. The summed E-state index contributed by atoms with van der Waals surface area (Å²) in [5.74, 6) is -0.157. The molecular formula is C9H13N3O2. The predicted molar refractivity (Wildman–Crippen MR) is 51.1 cm³/mol. The lowest BCUT2D eigenvalue weighted by Crippen LogP contribution is -2.22. The van der Waals surface area contributed by atoms with Gasteiger partial charge in [0.15, 0.2) is 11.5 Å². The Morgan fingerprint density at radius 1 is 1.57 bits per heavy atom. The van der Waals surface area contributed by atoms with E-state index in [1.165, 1.54) is 19.5 Å². The van der Waals surface area contributed by atoms with Crippen LogP contribution in [0.4, 0.5) is 0 Å². The van der Waals surface area contributed by atoms with E-state index in [1.54, 1.807) is 6.92 Å². The number of carbonyl (C=O) groups is 1. The van der Waals surface area contributed by atoms with Crippen molar-refractivity contribution in [2.75, 3.05) is 13.7 Å². The van der Waals surface area contributed by atoms with Gasteiger partial charge in [0, 0.05) is 24.9 Å². The number of nitrogens with zero attached hydrogens (tertiary/aromatic N) is 2. The van der Waals surface area contributed by atoms with Gasteiger partial charge in [-0.25, -0.2) is 9.97 Å². The van der Waals surface area contributed by atoms with Crippen molar-refractivity contribution >= 4 is 5.78 Å². The van der Waals surface area contributed by atoms with E-state index in [1.807, 2.05) is 0 Å². The highest BCUT2D eigenvalue weighted by atomic mass is 16.5. The first kappa shape index (κ1) is 10.6. The molecule has 0 aliphatic carbocycles. The van der Waals surface area contributed by atoms with Crippen molar-refractivity contribution in [1.29, 1.82) is 0 Å². The molecule has 5 nitrogen and oxygen atoms in total. The molecule has 0 saturated carbocycles. The second-order valence-electron chi connectivity index (χ2n) is 2.92. The number of nitrogens with two attached hydrogens (primary N) is 1. The van der Waals surface area contributed by atoms with Crippen molar-refractivity contribution in [3.05, 3.63) is 18.1 Å². The van der Waals surface area contributed by atoms with Gasteiger partial charge in [-0.3, -0.25) is 4.79 Å². The highest BCUT2D eigenvalue weighted by molar-refractivity contribution is 5.97. The van der Waals surface area contributed by atoms with Gasteiger partial charge in [0.2, 0.25) is 5.88 Å². The zero-order chi connectivity index (χ0) is 10.6. The summed E-state index contributed by atoms with van der Waals surface area (Å²) in [6, 6.07) is 0. The fourth-order valence-corrected chi connectivity index (χ4v) is 0.984. The van der Waals surface area contributed by atoms with Gasteiger partial charge in [-0.05, 0) is 0 Å². The highest BCUT2D eigenvalue weighted by Gasteiger charge is 2.19. The fourth-order valence-electron chi connectivity index (χ4n) is 0.984. The number of aromatic nitrogens is 2. The summed E-state index contributed by atoms with van der Waals surface area (Å²) >= 11 is 0. The van der Waals surface area contributed by atoms with Crippen LogP contribution in [0.3, 0.4) is 0 Å². The molecule has 76 valence electrons. The van der Waals surface area contributed by atoms with E-state index >= 15 is 0 Å². The number of carbonyl (C=O) groups excluding carboxylic acids is 1. The van der Waals surface area contributed by atoms with Crippen LogP contribution >= 0.6 is 0 Å². The third-order valence-corrected chi connectivity index (χ3v) is 1.89. The molecule has 14 heavy (non-hydrogen) atoms. The minimum absolute atomic E-state index is 0.141. The van der Waals surface area contributed by atoms with Crippen LogP contribution in [0.25, 0.3) is 0 Å². The summed E-state index contributed by atoms with van der Waals surface area (Å²) in [5, 5.41) is 0. The van der Waals surface area contributed by atoms with Crippen molar-refractivity contribution in [2.24, 2.45) is 11.7 Å². The van der Waals surface area contributed by atoms with Gasteiger partial charge in [0.25, 0.3) is 0 Å². The molecule has 0 saturated heterocycles. The molecule has 5 heteroatoms. The van der Waals surface area contributed by atoms with Crippen molar-refractivity contribution in [2.45, 2.75) is 6.92 Å². The Bertz CT molecular complexity index is 328. The van der Waals surface area contributed by atoms with Crippen LogP contribution in [0.5, 0.6) is 5.88 Å². The standard InChI is InChI=1S/C9H13N3O2/c1-6(5-10)8(13)7-9(14-2)12-4-3-11-7/h3-4,6H,5,10H2,1-2H3. The van der Waals surface area contributed by atoms with Crippen LogP contribution in [0.1, 0.15) is 17.4 Å². The molecular weight excluding hydrogens is 182 g/mol. The Hall–Kier alpha value is -1.49. The van der Waals surface area contributed by atoms with E-state index in [2.05, 4.69) is 9.97 Å². The van der Waals surface area contributed by atoms with Crippen molar-refractivity contribution in [3.8, 4) is 5.88 Å². The Balaban J connectivity index is 3.00. The number of ketones is 1. The van der Waals surface area contributed by atoms with E-state index in [0.29, 0.717) is 6.54 Å². The lowest BCUT2D eigenvalue weighted by molar-refractivity contribution is 0.0925. The summed E-state index contributed by atoms with van der Waals surface area (Å²) in [5.41, 5.74) is 5.64. The van der Waals surface area contributed by atoms with E-state index in [4.69, 9.17) is 10.5 Å². The van der Waals surface area contributed by atoms with Crippen LogP contribution in [0, 0.1) is 5.92 Å². The summed E-state index contributed by atoms with van der Waals surface area (Å²) in [7, 11) is 1.45. The largest absolute Gasteiger partial charge is 0.479 e. The summed E-state index contributed by atoms with van der Waals surface area (Å²) in [6.07, 6.45) is 2.93. The second kappa shape index (κ2) is 4.66. The van der Waals surface area contributed by atoms with Crippen molar-refractivity contribution < 1.29 is 9.53 Å². The molecule has 0 aromatic carbocycles. The Kier molecular flexibility index (Phi) is 3.53. The first-order valence-electron chi connectivity index (χ1n) is 4.30. The minimum Gasteiger partial charge on any atom is -0.479 e. The summed E-state index contributed by atoms with van der Waals surface area (Å²) < 4.78 is 4.93. The third kappa shape index (κ3) is 2.05. The predicted octanol–water partition coefficient (Wildman–Crippen LogP) is 0.263. The molecule has 1 unspecified atom stereocenters. The van der Waals surface area contributed by atoms with Gasteiger partial charge in [0.05, 0.1) is 7.11 Å². The number of ether oxygens (including phenoxy) is 1. The van der Waals surface area contributed by atoms with Crippen LogP contribution in [-0.2, 0) is 0 Å². The maximum absolute atomic E-state index is 11.7. The van der Waals surface area contributed by atoms with Gasteiger partial charge >= 0.3 is 0 Å². The monoisotopic (exact) mass is 195 g/mol. The Morgan fingerprint density at radius 3 is 2.79 bits per heavy atom. The highest BCUT2D eigenvalue weighted by Crippen LogP contribution is 2.14. The fraction of sp³-hybridized carbons (Fsp3) is 0.444. The van der Waals surface area contributed by atoms with Crippen LogP contribution in [0.2, 0.25) is 0 Å². The van der Waals surface area contributed by atoms with E-state index in [9.17, 15) is 4.79 Å². The van der Waals surface area contributed by atoms with E-state index < -0.39 is 0 Å². The zero-order valence-corrected chi connectivity index (χ0v) is 8.23. The molecule has 1 atom stereocenters. The van der Waals surface area contributed by atoms with Crippen LogP contribution in [0.15, 0.2) is 12.4 Å². The minimum atomic E-state index is -0.263. The maximum atomic E-state index is 11.7. The Morgan fingerprint density at radius 2 is 2.21 bits per heavy atom. The number of Topliss-reactive ketones (excluding diaryl/α,β-unsaturated/α-hetero) is 1. The first-order chi connectivity index (χ1) is 6.70. The number of hydrogen-bond donors (Lipinski definition) is 1. The summed E-state index contributed by atoms with van der Waals surface area (Å²) in [6.45, 7) is 2.04. The van der Waals surface area contributed by atoms with Gasteiger partial charge in [-0.15, -0.1) is 0 Å². The zero-order valence-electron chi connectivity index (χ0n) is 8.23. The molecule has 1 aromatic rings. The lowest BCUT2D eigenvalue weighted by Gasteiger charge is -2.08. The van der Waals surface area contributed by atoms with Crippen LogP contribution in [-0.4, -0.2) is 29.4 Å². The van der Waals surface area contributed by atoms with Gasteiger partial charge in [-0.1, -0.05) is 6.92 Å². The van der Waals surface area contributed by atoms with Crippen molar-refractivity contribution in [1.82, 2.24) is 9.97 Å². The average Bonchev–Trinajstić information content (AvgIpc) is 2.26. The van der Waals surface area contributed by atoms with Gasteiger partial charge < -0.3 is 10.5 Å². The average molecular weight is 195 g/mol. The molecule has 1 aromatic heterocycles. The SMILES string of the molecule is COc1nccnc1C(=O)C(C)CN. The second-order valence-corrected chi connectivity index (χ2v) is 2.92. The quantitative estimate of drug-likeness (QED) is 0.697. The Labute approximate surface area is 82.3 Å². The lowest BCUT2D eigenvalue weighted by atomic mass is 10.0. The third-order valence-electron chi connectivity index (χ3n) is 1.89. The molecule has 1 heterocycles. The molecule has 0 fully saturated rings. The molecule has 2 N–H and O–H groups in total. The number of methoxy groups -OCH3 is 1. The smallest absolute Gasteiger partial charge is 0.243 e. The van der Waals surface area contributed by atoms with Gasteiger partial charge in [-0.2, -0.15) is 0 Å². The topological polar surface area (TPSA) is 78.1 Å². The molecule has 1 rings (SSSR count). The summed E-state index contributed by atoms with van der Waals surface area (Å²) in [4.78, 5) is 19.5. The van der Waals surface area contributed by atoms with Crippen LogP contribution < -0.4 is 10.5 Å².